The number of benzene rings is 1. The highest BCUT2D eigenvalue weighted by Gasteiger charge is 2.29. The number of amides is 2. The van der Waals surface area contributed by atoms with Gasteiger partial charge in [-0.1, -0.05) is 31.2 Å². The zero-order valence-corrected chi connectivity index (χ0v) is 18.1. The van der Waals surface area contributed by atoms with Crippen LogP contribution in [-0.2, 0) is 9.59 Å². The van der Waals surface area contributed by atoms with E-state index in [4.69, 9.17) is 4.74 Å². The molecule has 5 nitrogen and oxygen atoms in total. The average molecular weight is 423 g/mol. The smallest absolute Gasteiger partial charge is 0.283 e. The summed E-state index contributed by atoms with van der Waals surface area (Å²) < 4.78 is 5.17. The first-order chi connectivity index (χ1) is 14.5. The minimum Gasteiger partial charge on any atom is -0.497 e. The van der Waals surface area contributed by atoms with Gasteiger partial charge in [0, 0.05) is 11.6 Å². The third kappa shape index (κ3) is 4.75. The maximum absolute atomic E-state index is 12.7. The molecule has 0 bridgehead atoms. The number of hydrogen-bond donors (Lipinski definition) is 1. The third-order valence-corrected chi connectivity index (χ3v) is 6.97. The van der Waals surface area contributed by atoms with Gasteiger partial charge in [-0.05, 0) is 61.4 Å². The predicted octanol–water partition coefficient (Wildman–Crippen LogP) is 4.31. The monoisotopic (exact) mass is 422 g/mol. The van der Waals surface area contributed by atoms with E-state index in [1.54, 1.807) is 13.2 Å². The summed E-state index contributed by atoms with van der Waals surface area (Å²) in [5.41, 5.74) is 2.13. The molecule has 156 valence electrons. The number of carbonyl (C=O) groups is 2. The number of fused-ring (bicyclic) bond motifs is 1. The molecule has 1 atom stereocenters. The van der Waals surface area contributed by atoms with Gasteiger partial charge in [-0.3, -0.25) is 9.59 Å². The Labute approximate surface area is 181 Å². The first-order valence-electron chi connectivity index (χ1n) is 10.4. The van der Waals surface area contributed by atoms with E-state index in [0.29, 0.717) is 16.2 Å². The number of ether oxygens (including phenoxy) is 1. The highest BCUT2D eigenvalue weighted by atomic mass is 32.2. The van der Waals surface area contributed by atoms with E-state index < -0.39 is 0 Å². The highest BCUT2D eigenvalue weighted by Crippen LogP contribution is 2.34. The molecule has 1 aromatic rings. The van der Waals surface area contributed by atoms with Crippen LogP contribution >= 0.6 is 11.8 Å². The topological polar surface area (TPSA) is 67.8 Å². The molecule has 1 N–H and O–H groups in total. The summed E-state index contributed by atoms with van der Waals surface area (Å²) in [5, 5.41) is 3.08. The van der Waals surface area contributed by atoms with E-state index in [-0.39, 0.29) is 23.1 Å². The number of thioether (sulfide) groups is 1. The number of hydrogen-bond acceptors (Lipinski definition) is 4. The zero-order chi connectivity index (χ0) is 21.1. The Hall–Kier alpha value is -2.60. The van der Waals surface area contributed by atoms with E-state index >= 15 is 0 Å². The summed E-state index contributed by atoms with van der Waals surface area (Å²) in [6.07, 6.45) is 11.8. The fourth-order valence-electron chi connectivity index (χ4n) is 3.90. The Bertz CT molecular complexity index is 951. The first-order valence-corrected chi connectivity index (χ1v) is 11.3. The number of allylic oxidation sites excluding steroid dienone is 1. The van der Waals surface area contributed by atoms with Crippen molar-refractivity contribution in [2.24, 2.45) is 10.9 Å². The lowest BCUT2D eigenvalue weighted by molar-refractivity contribution is -0.118. The largest absolute Gasteiger partial charge is 0.497 e. The molecule has 1 aromatic carbocycles. The van der Waals surface area contributed by atoms with Gasteiger partial charge < -0.3 is 10.1 Å². The lowest BCUT2D eigenvalue weighted by atomic mass is 9.87. The predicted molar refractivity (Wildman–Crippen MR) is 122 cm³/mol. The van der Waals surface area contributed by atoms with Crippen molar-refractivity contribution in [2.45, 2.75) is 43.9 Å². The van der Waals surface area contributed by atoms with Crippen molar-refractivity contribution in [3.63, 3.8) is 0 Å². The number of nitrogens with one attached hydrogen (secondary N) is 1. The maximum Gasteiger partial charge on any atom is 0.283 e. The Morgan fingerprint density at radius 1 is 1.20 bits per heavy atom. The molecule has 0 saturated heterocycles. The molecule has 30 heavy (non-hydrogen) atoms. The molecule has 1 aliphatic heterocycles. The molecule has 2 amide bonds. The second-order valence-electron chi connectivity index (χ2n) is 8.05. The van der Waals surface area contributed by atoms with E-state index in [9.17, 15) is 9.59 Å². The lowest BCUT2D eigenvalue weighted by Gasteiger charge is -2.28. The van der Waals surface area contributed by atoms with Crippen LogP contribution in [0.1, 0.15) is 38.2 Å². The summed E-state index contributed by atoms with van der Waals surface area (Å²) >= 11 is 1.46. The molecule has 2 aliphatic carbocycles. The molecule has 0 radical (unpaired) electrons. The summed E-state index contributed by atoms with van der Waals surface area (Å²) in [4.78, 5) is 30.1. The molecule has 0 aromatic heterocycles. The van der Waals surface area contributed by atoms with Crippen LogP contribution in [-0.4, -0.2) is 35.9 Å². The van der Waals surface area contributed by atoms with Crippen molar-refractivity contribution in [3.05, 3.63) is 58.5 Å². The van der Waals surface area contributed by atoms with Gasteiger partial charge in [-0.15, -0.1) is 11.8 Å². The second kappa shape index (κ2) is 9.04. The van der Waals surface area contributed by atoms with Crippen LogP contribution < -0.4 is 10.1 Å². The fraction of sp³-hybridized carbons (Fsp3) is 0.375. The van der Waals surface area contributed by atoms with Crippen molar-refractivity contribution in [1.29, 1.82) is 0 Å². The molecule has 6 heteroatoms. The van der Waals surface area contributed by atoms with E-state index in [0.717, 1.165) is 42.9 Å². The minimum absolute atomic E-state index is 0.0562. The van der Waals surface area contributed by atoms with Crippen LogP contribution in [0.5, 0.6) is 5.75 Å². The Balaban J connectivity index is 1.45. The van der Waals surface area contributed by atoms with Crippen molar-refractivity contribution < 1.29 is 14.3 Å². The molecule has 0 spiro atoms. The molecule has 3 aliphatic rings. The van der Waals surface area contributed by atoms with Crippen LogP contribution in [0.15, 0.2) is 58.0 Å². The summed E-state index contributed by atoms with van der Waals surface area (Å²) in [6, 6.07) is 7.78. The molecular formula is C24H26N2O3S. The van der Waals surface area contributed by atoms with E-state index in [1.807, 2.05) is 42.5 Å². The number of carbonyl (C=O) groups excluding carboxylic acids is 2. The normalized spacial score (nSPS) is 27.2. The van der Waals surface area contributed by atoms with Crippen LogP contribution in [0.4, 0.5) is 0 Å². The van der Waals surface area contributed by atoms with Crippen molar-refractivity contribution in [1.82, 2.24) is 5.32 Å². The number of rotatable bonds is 4. The standard InChI is InChI=1S/C24H26N2O3S/c1-15-3-8-18(9-4-15)25-23(27)17-7-12-21-20(14-17)26-24(28)22(30-21)13-16-5-10-19(29-2)11-6-16/h5-7,10-15,18,21H,3-4,8-9H2,1-2H3,(H,25,27)/b22-13+. The van der Waals surface area contributed by atoms with Gasteiger partial charge in [-0.25, -0.2) is 4.99 Å². The van der Waals surface area contributed by atoms with Crippen LogP contribution in [0.2, 0.25) is 0 Å². The van der Waals surface area contributed by atoms with Crippen molar-refractivity contribution >= 4 is 35.4 Å². The SMILES string of the molecule is COc1ccc(/C=C2/SC3C=CC(C(=O)NC4CCC(C)CC4)=CC3=NC2=O)cc1. The van der Waals surface area contributed by atoms with Gasteiger partial charge in [0.1, 0.15) is 5.75 Å². The van der Waals surface area contributed by atoms with Gasteiger partial charge in [0.25, 0.3) is 11.8 Å². The Kier molecular flexibility index (Phi) is 6.23. The second-order valence-corrected chi connectivity index (χ2v) is 9.23. The van der Waals surface area contributed by atoms with Gasteiger partial charge in [0.15, 0.2) is 0 Å². The van der Waals surface area contributed by atoms with Gasteiger partial charge in [0.2, 0.25) is 0 Å². The molecule has 1 unspecified atom stereocenters. The van der Waals surface area contributed by atoms with Gasteiger partial charge in [-0.2, -0.15) is 0 Å². The van der Waals surface area contributed by atoms with Gasteiger partial charge >= 0.3 is 0 Å². The fourth-order valence-corrected chi connectivity index (χ4v) is 4.92. The summed E-state index contributed by atoms with van der Waals surface area (Å²) in [6.45, 7) is 2.26. The summed E-state index contributed by atoms with van der Waals surface area (Å²) in [5.74, 6) is 1.17. The van der Waals surface area contributed by atoms with Crippen molar-refractivity contribution in [3.8, 4) is 5.75 Å². The van der Waals surface area contributed by atoms with Crippen LogP contribution in [0.3, 0.4) is 0 Å². The molecule has 1 fully saturated rings. The van der Waals surface area contributed by atoms with Crippen LogP contribution in [0.25, 0.3) is 6.08 Å². The number of methoxy groups -OCH3 is 1. The van der Waals surface area contributed by atoms with E-state index in [1.165, 1.54) is 11.8 Å². The van der Waals surface area contributed by atoms with Crippen LogP contribution in [0, 0.1) is 5.92 Å². The average Bonchev–Trinajstić information content (AvgIpc) is 2.76. The van der Waals surface area contributed by atoms with E-state index in [2.05, 4.69) is 17.2 Å². The first kappa shape index (κ1) is 20.7. The Morgan fingerprint density at radius 3 is 2.63 bits per heavy atom. The lowest BCUT2D eigenvalue weighted by Crippen LogP contribution is -2.38. The van der Waals surface area contributed by atoms with Crippen molar-refractivity contribution in [2.75, 3.05) is 7.11 Å². The molecular weight excluding hydrogens is 396 g/mol. The minimum atomic E-state index is -0.269. The molecule has 4 rings (SSSR count). The molecule has 1 saturated carbocycles. The third-order valence-electron chi connectivity index (χ3n) is 5.77. The highest BCUT2D eigenvalue weighted by molar-refractivity contribution is 8.05. The number of nitrogens with zero attached hydrogens (tertiary/aromatic N) is 1. The summed E-state index contributed by atoms with van der Waals surface area (Å²) in [7, 11) is 1.62. The van der Waals surface area contributed by atoms with Gasteiger partial charge in [0.05, 0.1) is 23.0 Å². The zero-order valence-electron chi connectivity index (χ0n) is 17.3. The number of aliphatic imine (C=N–C) groups is 1. The maximum atomic E-state index is 12.7. The Morgan fingerprint density at radius 2 is 1.93 bits per heavy atom. The quantitative estimate of drug-likeness (QED) is 0.734. The molecule has 1 heterocycles.